The second-order valence-corrected chi connectivity index (χ2v) is 8.17. The maximum Gasteiger partial charge on any atom is 0.411 e. The number of aryl methyl sites for hydroxylation is 1. The van der Waals surface area contributed by atoms with Crippen LogP contribution < -0.4 is 9.50 Å². The molecule has 4 rings (SSSR count). The Balaban J connectivity index is 1.66. The first-order valence-corrected chi connectivity index (χ1v) is 10.6. The quantitative estimate of drug-likeness (QED) is 0.473. The van der Waals surface area contributed by atoms with E-state index in [0.717, 1.165) is 5.56 Å². The van der Waals surface area contributed by atoms with Gasteiger partial charge in [-0.1, -0.05) is 18.2 Å². The molecule has 10 heteroatoms. The molecule has 0 saturated heterocycles. The van der Waals surface area contributed by atoms with Gasteiger partial charge in [-0.3, -0.25) is 5.32 Å². The molecule has 3 aromatic carbocycles. The molecule has 0 fully saturated rings. The predicted octanol–water partition coefficient (Wildman–Crippen LogP) is 3.67. The first kappa shape index (κ1) is 20.4. The number of fused-ring (bicyclic) bond motifs is 1. The van der Waals surface area contributed by atoms with Crippen LogP contribution >= 0.6 is 0 Å². The third-order valence-electron chi connectivity index (χ3n) is 4.39. The third-order valence-corrected chi connectivity index (χ3v) is 5.64. The van der Waals surface area contributed by atoms with Crippen molar-refractivity contribution in [2.45, 2.75) is 11.8 Å². The van der Waals surface area contributed by atoms with Crippen LogP contribution in [0.3, 0.4) is 0 Å². The number of ether oxygens (including phenoxy) is 1. The van der Waals surface area contributed by atoms with E-state index in [0.29, 0.717) is 22.4 Å². The summed E-state index contributed by atoms with van der Waals surface area (Å²) < 4.78 is 35.6. The minimum Gasteiger partial charge on any atom is -0.453 e. The van der Waals surface area contributed by atoms with Crippen LogP contribution in [0.5, 0.6) is 5.75 Å². The van der Waals surface area contributed by atoms with E-state index in [2.05, 4.69) is 20.3 Å². The van der Waals surface area contributed by atoms with Gasteiger partial charge in [0.05, 0.1) is 7.11 Å². The summed E-state index contributed by atoms with van der Waals surface area (Å²) in [7, 11) is -2.92. The second-order valence-electron chi connectivity index (χ2n) is 6.63. The van der Waals surface area contributed by atoms with Gasteiger partial charge in [0.25, 0.3) is 0 Å². The molecule has 31 heavy (non-hydrogen) atoms. The molecule has 0 saturated carbocycles. The van der Waals surface area contributed by atoms with Crippen molar-refractivity contribution in [2.75, 3.05) is 12.4 Å². The van der Waals surface area contributed by atoms with Crippen molar-refractivity contribution >= 4 is 32.9 Å². The van der Waals surface area contributed by atoms with Crippen LogP contribution in [0.25, 0.3) is 16.7 Å². The summed E-state index contributed by atoms with van der Waals surface area (Å²) in [5.41, 5.74) is 3.01. The van der Waals surface area contributed by atoms with E-state index >= 15 is 0 Å². The van der Waals surface area contributed by atoms with Crippen LogP contribution in [0, 0.1) is 6.92 Å². The lowest BCUT2D eigenvalue weighted by Gasteiger charge is -2.12. The number of methoxy groups -OCH3 is 1. The Labute approximate surface area is 178 Å². The zero-order valence-corrected chi connectivity index (χ0v) is 17.5. The smallest absolute Gasteiger partial charge is 0.411 e. The molecule has 9 nitrogen and oxygen atoms in total. The molecule has 0 aliphatic carbocycles. The zero-order chi connectivity index (χ0) is 22.0. The van der Waals surface area contributed by atoms with Crippen molar-refractivity contribution in [1.82, 2.24) is 15.0 Å². The average molecular weight is 438 g/mol. The van der Waals surface area contributed by atoms with Crippen molar-refractivity contribution in [3.05, 3.63) is 72.3 Å². The first-order chi connectivity index (χ1) is 14.9. The lowest BCUT2D eigenvalue weighted by Crippen LogP contribution is -2.13. The number of carbonyl (C=O) groups is 1. The molecule has 1 heterocycles. The topological polar surface area (TPSA) is 112 Å². The van der Waals surface area contributed by atoms with E-state index in [9.17, 15) is 13.2 Å². The molecular weight excluding hydrogens is 420 g/mol. The molecule has 0 atom stereocenters. The van der Waals surface area contributed by atoms with E-state index in [-0.39, 0.29) is 10.6 Å². The fraction of sp³-hybridized carbons (Fsp3) is 0.0952. The van der Waals surface area contributed by atoms with Gasteiger partial charge in [-0.05, 0) is 61.0 Å². The van der Waals surface area contributed by atoms with E-state index in [1.165, 1.54) is 36.2 Å². The molecule has 1 N–H and O–H groups in total. The lowest BCUT2D eigenvalue weighted by atomic mass is 10.2. The fourth-order valence-electron chi connectivity index (χ4n) is 2.86. The highest BCUT2D eigenvalue weighted by atomic mass is 32.2. The van der Waals surface area contributed by atoms with Gasteiger partial charge in [0.1, 0.15) is 21.6 Å². The van der Waals surface area contributed by atoms with Gasteiger partial charge in [0.15, 0.2) is 5.75 Å². The van der Waals surface area contributed by atoms with Crippen LogP contribution in [0.15, 0.2) is 71.6 Å². The summed E-state index contributed by atoms with van der Waals surface area (Å²) in [6.45, 7) is 1.87. The van der Waals surface area contributed by atoms with Gasteiger partial charge in [-0.2, -0.15) is 8.42 Å². The van der Waals surface area contributed by atoms with Gasteiger partial charge in [-0.15, -0.1) is 15.0 Å². The molecule has 158 valence electrons. The summed E-state index contributed by atoms with van der Waals surface area (Å²) in [4.78, 5) is 12.6. The van der Waals surface area contributed by atoms with Crippen LogP contribution in [0.1, 0.15) is 5.56 Å². The van der Waals surface area contributed by atoms with Gasteiger partial charge in [0, 0.05) is 5.69 Å². The molecule has 0 unspecified atom stereocenters. The van der Waals surface area contributed by atoms with Crippen LogP contribution in [0.4, 0.5) is 10.5 Å². The van der Waals surface area contributed by atoms with Crippen LogP contribution in [-0.2, 0) is 14.9 Å². The van der Waals surface area contributed by atoms with E-state index in [4.69, 9.17) is 4.18 Å². The highest BCUT2D eigenvalue weighted by Crippen LogP contribution is 2.28. The average Bonchev–Trinajstić information content (AvgIpc) is 3.19. The monoisotopic (exact) mass is 438 g/mol. The lowest BCUT2D eigenvalue weighted by molar-refractivity contribution is 0.187. The number of nitrogens with zero attached hydrogens (tertiary/aromatic N) is 3. The van der Waals surface area contributed by atoms with E-state index in [1.807, 2.05) is 31.2 Å². The Kier molecular flexibility index (Phi) is 5.30. The fourth-order valence-corrected chi connectivity index (χ4v) is 3.80. The Morgan fingerprint density at radius 3 is 2.23 bits per heavy atom. The number of rotatable bonds is 5. The standard InChI is InChI=1S/C21H18N4O5S/c1-14-7-12-20(19(13-14)25-23-17-5-3-4-6-18(17)24-25)30-31(27,28)16-10-8-15(9-11-16)22-21(26)29-2/h3-13H,1-2H3,(H,22,26). The molecule has 0 spiro atoms. The molecular formula is C21H18N4O5S. The number of amides is 1. The van der Waals surface area contributed by atoms with Crippen LogP contribution in [0.2, 0.25) is 0 Å². The maximum atomic E-state index is 12.8. The summed E-state index contributed by atoms with van der Waals surface area (Å²) in [5, 5.41) is 11.3. The largest absolute Gasteiger partial charge is 0.453 e. The van der Waals surface area contributed by atoms with E-state index in [1.54, 1.807) is 18.2 Å². The zero-order valence-electron chi connectivity index (χ0n) is 16.6. The van der Waals surface area contributed by atoms with Gasteiger partial charge in [-0.25, -0.2) is 4.79 Å². The molecule has 0 radical (unpaired) electrons. The van der Waals surface area contributed by atoms with Crippen molar-refractivity contribution in [1.29, 1.82) is 0 Å². The number of anilines is 1. The Hall–Kier alpha value is -3.92. The highest BCUT2D eigenvalue weighted by molar-refractivity contribution is 7.87. The molecule has 4 aromatic rings. The summed E-state index contributed by atoms with van der Waals surface area (Å²) in [5.74, 6) is 0.0858. The minimum absolute atomic E-state index is 0.0759. The Morgan fingerprint density at radius 2 is 1.61 bits per heavy atom. The van der Waals surface area contributed by atoms with Crippen molar-refractivity contribution < 1.29 is 22.1 Å². The van der Waals surface area contributed by atoms with Crippen molar-refractivity contribution in [3.8, 4) is 11.4 Å². The van der Waals surface area contributed by atoms with Gasteiger partial charge in [0.2, 0.25) is 0 Å². The minimum atomic E-state index is -4.15. The predicted molar refractivity (Wildman–Crippen MR) is 114 cm³/mol. The number of aromatic nitrogens is 3. The Bertz CT molecular complexity index is 1330. The third kappa shape index (κ3) is 4.33. The highest BCUT2D eigenvalue weighted by Gasteiger charge is 2.20. The number of nitrogens with one attached hydrogen (secondary N) is 1. The Morgan fingerprint density at radius 1 is 0.968 bits per heavy atom. The number of benzene rings is 3. The summed E-state index contributed by atoms with van der Waals surface area (Å²) in [6, 6.07) is 17.9. The molecule has 0 aliphatic heterocycles. The van der Waals surface area contributed by atoms with Gasteiger partial charge >= 0.3 is 16.2 Å². The number of hydrogen-bond acceptors (Lipinski definition) is 7. The first-order valence-electron chi connectivity index (χ1n) is 9.18. The van der Waals surface area contributed by atoms with Crippen molar-refractivity contribution in [3.63, 3.8) is 0 Å². The number of hydrogen-bond donors (Lipinski definition) is 1. The van der Waals surface area contributed by atoms with Gasteiger partial charge < -0.3 is 8.92 Å². The molecule has 0 bridgehead atoms. The summed E-state index contributed by atoms with van der Waals surface area (Å²) in [6.07, 6.45) is -0.657. The molecule has 0 aliphatic rings. The number of carbonyl (C=O) groups excluding carboxylic acids is 1. The van der Waals surface area contributed by atoms with Crippen LogP contribution in [-0.4, -0.2) is 36.6 Å². The SMILES string of the molecule is COC(=O)Nc1ccc(S(=O)(=O)Oc2ccc(C)cc2-n2nc3ccccc3n2)cc1. The van der Waals surface area contributed by atoms with Crippen molar-refractivity contribution in [2.24, 2.45) is 0 Å². The normalized spacial score (nSPS) is 11.3. The summed E-state index contributed by atoms with van der Waals surface area (Å²) >= 11 is 0. The molecule has 1 amide bonds. The second kappa shape index (κ2) is 8.07. The molecule has 1 aromatic heterocycles. The van der Waals surface area contributed by atoms with E-state index < -0.39 is 16.2 Å². The maximum absolute atomic E-state index is 12.8.